The maximum atomic E-state index is 14.0. The Balaban J connectivity index is 1.58. The molecule has 0 amide bonds. The number of aliphatic hydroxyl groups is 1. The van der Waals surface area contributed by atoms with Crippen molar-refractivity contribution >= 4 is 0 Å². The highest BCUT2D eigenvalue weighted by Gasteiger charge is 2.16. The Labute approximate surface area is 163 Å². The summed E-state index contributed by atoms with van der Waals surface area (Å²) in [5.41, 5.74) is 1.38. The Kier molecular flexibility index (Phi) is 7.31. The number of aliphatic hydroxyl groups excluding tert-OH is 1. The van der Waals surface area contributed by atoms with Gasteiger partial charge >= 0.3 is 0 Å². The molecule has 0 saturated heterocycles. The van der Waals surface area contributed by atoms with Crippen LogP contribution in [0.5, 0.6) is 0 Å². The van der Waals surface area contributed by atoms with Crippen LogP contribution in [-0.4, -0.2) is 29.3 Å². The van der Waals surface area contributed by atoms with E-state index in [-0.39, 0.29) is 19.7 Å². The van der Waals surface area contributed by atoms with Crippen LogP contribution in [0.25, 0.3) is 0 Å². The number of ether oxygens (including phenoxy) is 1. The number of furan rings is 1. The van der Waals surface area contributed by atoms with Gasteiger partial charge in [-0.15, -0.1) is 0 Å². The number of halogens is 2. The standard InChI is InChI=1S/C22H23F2NO3/c23-19-9-8-18(22(24)11-19)12-25(14-21-7-4-10-28-21)13-20(26)16-27-15-17-5-2-1-3-6-17/h1-11,20,26H,12-16H2. The lowest BCUT2D eigenvalue weighted by Gasteiger charge is -2.24. The van der Waals surface area contributed by atoms with Crippen LogP contribution in [0.15, 0.2) is 71.3 Å². The molecule has 3 rings (SSSR count). The second-order valence-electron chi connectivity index (χ2n) is 6.64. The van der Waals surface area contributed by atoms with Crippen molar-refractivity contribution in [2.75, 3.05) is 13.2 Å². The fraction of sp³-hybridized carbons (Fsp3) is 0.273. The first-order chi connectivity index (χ1) is 13.6. The van der Waals surface area contributed by atoms with E-state index in [0.717, 1.165) is 11.6 Å². The number of hydrogen-bond acceptors (Lipinski definition) is 4. The molecule has 0 aliphatic carbocycles. The molecule has 2 aromatic carbocycles. The van der Waals surface area contributed by atoms with Crippen molar-refractivity contribution in [3.63, 3.8) is 0 Å². The van der Waals surface area contributed by atoms with Gasteiger partial charge in [0.2, 0.25) is 0 Å². The van der Waals surface area contributed by atoms with Crippen molar-refractivity contribution in [3.05, 3.63) is 95.4 Å². The van der Waals surface area contributed by atoms with Gasteiger partial charge < -0.3 is 14.3 Å². The zero-order valence-corrected chi connectivity index (χ0v) is 15.4. The first-order valence-corrected chi connectivity index (χ1v) is 9.08. The Bertz CT molecular complexity index is 840. The summed E-state index contributed by atoms with van der Waals surface area (Å²) in [4.78, 5) is 1.84. The van der Waals surface area contributed by atoms with Crippen molar-refractivity contribution < 1.29 is 23.0 Å². The lowest BCUT2D eigenvalue weighted by Crippen LogP contribution is -2.34. The molecule has 0 aliphatic rings. The summed E-state index contributed by atoms with van der Waals surface area (Å²) in [6.07, 6.45) is 0.799. The van der Waals surface area contributed by atoms with Gasteiger partial charge in [0.25, 0.3) is 0 Å². The van der Waals surface area contributed by atoms with E-state index in [4.69, 9.17) is 9.15 Å². The first-order valence-electron chi connectivity index (χ1n) is 9.08. The predicted molar refractivity (Wildman–Crippen MR) is 101 cm³/mol. The number of nitrogens with zero attached hydrogens (tertiary/aromatic N) is 1. The predicted octanol–water partition coefficient (Wildman–Crippen LogP) is 4.14. The van der Waals surface area contributed by atoms with Crippen LogP contribution in [-0.2, 0) is 24.4 Å². The molecule has 1 unspecified atom stereocenters. The van der Waals surface area contributed by atoms with Crippen molar-refractivity contribution in [2.45, 2.75) is 25.8 Å². The molecule has 0 bridgehead atoms. The van der Waals surface area contributed by atoms with Crippen LogP contribution >= 0.6 is 0 Å². The van der Waals surface area contributed by atoms with Gasteiger partial charge in [-0.3, -0.25) is 4.90 Å². The summed E-state index contributed by atoms with van der Waals surface area (Å²) in [5.74, 6) is -0.535. The molecule has 1 heterocycles. The third-order valence-electron chi connectivity index (χ3n) is 4.26. The third-order valence-corrected chi connectivity index (χ3v) is 4.26. The highest BCUT2D eigenvalue weighted by Crippen LogP contribution is 2.15. The first kappa shape index (κ1) is 20.2. The summed E-state index contributed by atoms with van der Waals surface area (Å²) < 4.78 is 38.1. The molecular formula is C22H23F2NO3. The average molecular weight is 387 g/mol. The molecule has 0 radical (unpaired) electrons. The summed E-state index contributed by atoms with van der Waals surface area (Å²) in [6, 6.07) is 16.8. The molecule has 4 nitrogen and oxygen atoms in total. The summed E-state index contributed by atoms with van der Waals surface area (Å²) >= 11 is 0. The molecule has 148 valence electrons. The quantitative estimate of drug-likeness (QED) is 0.568. The smallest absolute Gasteiger partial charge is 0.130 e. The molecule has 6 heteroatoms. The van der Waals surface area contributed by atoms with Crippen LogP contribution in [0.1, 0.15) is 16.9 Å². The van der Waals surface area contributed by atoms with E-state index in [9.17, 15) is 13.9 Å². The van der Waals surface area contributed by atoms with E-state index in [1.807, 2.05) is 41.3 Å². The van der Waals surface area contributed by atoms with Crippen molar-refractivity contribution in [2.24, 2.45) is 0 Å². The van der Waals surface area contributed by atoms with E-state index in [2.05, 4.69) is 0 Å². The normalized spacial score (nSPS) is 12.4. The molecule has 1 atom stereocenters. The Hall–Kier alpha value is -2.54. The molecule has 0 aliphatic heterocycles. The third kappa shape index (κ3) is 6.27. The van der Waals surface area contributed by atoms with Gasteiger partial charge in [-0.2, -0.15) is 0 Å². The number of benzene rings is 2. The summed E-state index contributed by atoms with van der Waals surface area (Å²) in [7, 11) is 0. The molecular weight excluding hydrogens is 364 g/mol. The van der Waals surface area contributed by atoms with Crippen molar-refractivity contribution in [1.82, 2.24) is 4.90 Å². The van der Waals surface area contributed by atoms with Crippen LogP contribution in [0.3, 0.4) is 0 Å². The van der Waals surface area contributed by atoms with Crippen LogP contribution < -0.4 is 0 Å². The zero-order chi connectivity index (χ0) is 19.8. The largest absolute Gasteiger partial charge is 0.468 e. The van der Waals surface area contributed by atoms with E-state index in [1.54, 1.807) is 12.3 Å². The lowest BCUT2D eigenvalue weighted by atomic mass is 10.1. The van der Waals surface area contributed by atoms with Gasteiger partial charge in [-0.1, -0.05) is 36.4 Å². The monoisotopic (exact) mass is 387 g/mol. The van der Waals surface area contributed by atoms with Gasteiger partial charge in [0.15, 0.2) is 0 Å². The molecule has 0 fully saturated rings. The van der Waals surface area contributed by atoms with Crippen LogP contribution in [0, 0.1) is 11.6 Å². The van der Waals surface area contributed by atoms with E-state index in [0.29, 0.717) is 24.5 Å². The second-order valence-corrected chi connectivity index (χ2v) is 6.64. The minimum atomic E-state index is -0.762. The SMILES string of the molecule is OC(COCc1ccccc1)CN(Cc1ccco1)Cc1ccc(F)cc1F. The Morgan fingerprint density at radius 2 is 1.82 bits per heavy atom. The molecule has 28 heavy (non-hydrogen) atoms. The fourth-order valence-corrected chi connectivity index (χ4v) is 2.94. The number of hydrogen-bond donors (Lipinski definition) is 1. The minimum Gasteiger partial charge on any atom is -0.468 e. The lowest BCUT2D eigenvalue weighted by molar-refractivity contribution is 0.00596. The number of rotatable bonds is 10. The molecule has 1 N–H and O–H groups in total. The topological polar surface area (TPSA) is 45.8 Å². The van der Waals surface area contributed by atoms with Gasteiger partial charge in [0.05, 0.1) is 32.1 Å². The van der Waals surface area contributed by atoms with Crippen molar-refractivity contribution in [1.29, 1.82) is 0 Å². The Morgan fingerprint density at radius 1 is 1.00 bits per heavy atom. The van der Waals surface area contributed by atoms with Gasteiger partial charge in [-0.05, 0) is 23.8 Å². The van der Waals surface area contributed by atoms with E-state index in [1.165, 1.54) is 12.1 Å². The maximum absolute atomic E-state index is 14.0. The second kappa shape index (κ2) is 10.1. The molecule has 0 saturated carbocycles. The Morgan fingerprint density at radius 3 is 2.54 bits per heavy atom. The molecule has 0 spiro atoms. The van der Waals surface area contributed by atoms with E-state index < -0.39 is 17.7 Å². The highest BCUT2D eigenvalue weighted by molar-refractivity contribution is 5.18. The molecule has 1 aromatic heterocycles. The van der Waals surface area contributed by atoms with Crippen LogP contribution in [0.2, 0.25) is 0 Å². The van der Waals surface area contributed by atoms with Crippen LogP contribution in [0.4, 0.5) is 8.78 Å². The fourth-order valence-electron chi connectivity index (χ4n) is 2.94. The van der Waals surface area contributed by atoms with Gasteiger partial charge in [0.1, 0.15) is 17.4 Å². The summed E-state index contributed by atoms with van der Waals surface area (Å²) in [5, 5.41) is 10.4. The van der Waals surface area contributed by atoms with Gasteiger partial charge in [-0.25, -0.2) is 8.78 Å². The zero-order valence-electron chi connectivity index (χ0n) is 15.4. The molecule has 3 aromatic rings. The van der Waals surface area contributed by atoms with Crippen molar-refractivity contribution in [3.8, 4) is 0 Å². The summed E-state index contributed by atoms with van der Waals surface area (Å²) in [6.45, 7) is 1.41. The highest BCUT2D eigenvalue weighted by atomic mass is 19.1. The maximum Gasteiger partial charge on any atom is 0.130 e. The van der Waals surface area contributed by atoms with Gasteiger partial charge in [0, 0.05) is 24.7 Å². The minimum absolute atomic E-state index is 0.148. The van der Waals surface area contributed by atoms with E-state index >= 15 is 0 Å². The average Bonchev–Trinajstić information content (AvgIpc) is 3.18.